The third-order valence-electron chi connectivity index (χ3n) is 5.58. The predicted molar refractivity (Wildman–Crippen MR) is 138 cm³/mol. The molecule has 0 aliphatic rings. The Hall–Kier alpha value is -4.47. The first kappa shape index (κ1) is 22.3. The van der Waals surface area contributed by atoms with Gasteiger partial charge in [0.05, 0.1) is 5.69 Å². The molecule has 0 aliphatic heterocycles. The molecule has 0 radical (unpaired) electrons. The molecule has 35 heavy (non-hydrogen) atoms. The van der Waals surface area contributed by atoms with Crippen molar-refractivity contribution in [3.8, 4) is 5.75 Å². The fraction of sp³-hybridized carbons (Fsp3) is 0. The van der Waals surface area contributed by atoms with E-state index < -0.39 is 20.8 Å². The number of rotatable bonds is 5. The van der Waals surface area contributed by atoms with Crippen molar-refractivity contribution in [1.29, 1.82) is 0 Å². The second kappa shape index (κ2) is 8.71. The van der Waals surface area contributed by atoms with Crippen molar-refractivity contribution in [3.63, 3.8) is 0 Å². The van der Waals surface area contributed by atoms with Crippen LogP contribution in [0.4, 0.5) is 28.4 Å². The highest BCUT2D eigenvalue weighted by Gasteiger charge is 2.22. The van der Waals surface area contributed by atoms with Crippen LogP contribution in [0.5, 0.6) is 5.75 Å². The number of azo groups is 1. The number of hydrogen-bond acceptors (Lipinski definition) is 7. The molecule has 0 saturated carbocycles. The van der Waals surface area contributed by atoms with Gasteiger partial charge in [-0.25, -0.2) is 0 Å². The van der Waals surface area contributed by atoms with Gasteiger partial charge in [-0.1, -0.05) is 42.5 Å². The minimum absolute atomic E-state index is 0.354. The van der Waals surface area contributed by atoms with Crippen LogP contribution in [0.3, 0.4) is 0 Å². The van der Waals surface area contributed by atoms with Crippen molar-refractivity contribution >= 4 is 60.1 Å². The lowest BCUT2D eigenvalue weighted by Gasteiger charge is -2.11. The van der Waals surface area contributed by atoms with Gasteiger partial charge in [-0.2, -0.15) is 8.42 Å². The Morgan fingerprint density at radius 2 is 1.46 bits per heavy atom. The zero-order valence-corrected chi connectivity index (χ0v) is 19.1. The Morgan fingerprint density at radius 3 is 2.20 bits per heavy atom. The monoisotopic (exact) mass is 484 g/mol. The molecule has 0 aromatic heterocycles. The molecule has 0 fully saturated rings. The SMILES string of the molecule is Nc1ccc(N=Nc2c(S(=O)(=O)O)cc3cc(Nc4ccccc4)ccc3c2O)c2ccccc12. The van der Waals surface area contributed by atoms with Crippen LogP contribution in [0.25, 0.3) is 21.5 Å². The fourth-order valence-electron chi connectivity index (χ4n) is 3.91. The third-order valence-corrected chi connectivity index (χ3v) is 6.45. The van der Waals surface area contributed by atoms with E-state index in [2.05, 4.69) is 15.5 Å². The van der Waals surface area contributed by atoms with Crippen LogP contribution in [0.1, 0.15) is 0 Å². The average Bonchev–Trinajstić information content (AvgIpc) is 2.84. The van der Waals surface area contributed by atoms with Gasteiger partial charge in [0, 0.05) is 33.2 Å². The average molecular weight is 485 g/mol. The Labute approximate surface area is 201 Å². The Kier molecular flexibility index (Phi) is 5.56. The zero-order valence-electron chi connectivity index (χ0n) is 18.3. The molecule has 5 N–H and O–H groups in total. The smallest absolute Gasteiger partial charge is 0.296 e. The summed E-state index contributed by atoms with van der Waals surface area (Å²) in [5, 5.41) is 24.6. The van der Waals surface area contributed by atoms with Gasteiger partial charge >= 0.3 is 0 Å². The number of nitrogens with two attached hydrogens (primary N) is 1. The van der Waals surface area contributed by atoms with Crippen LogP contribution >= 0.6 is 0 Å². The van der Waals surface area contributed by atoms with Crippen LogP contribution in [0, 0.1) is 0 Å². The lowest BCUT2D eigenvalue weighted by Crippen LogP contribution is -1.99. The number of para-hydroxylation sites is 1. The van der Waals surface area contributed by atoms with Crippen LogP contribution in [0.2, 0.25) is 0 Å². The molecule has 0 atom stereocenters. The first-order chi connectivity index (χ1) is 16.8. The van der Waals surface area contributed by atoms with Crippen molar-refractivity contribution < 1.29 is 18.1 Å². The molecule has 0 unspecified atom stereocenters. The van der Waals surface area contributed by atoms with Gasteiger partial charge in [-0.15, -0.1) is 10.2 Å². The fourth-order valence-corrected chi connectivity index (χ4v) is 4.57. The normalized spacial score (nSPS) is 11.9. The highest BCUT2D eigenvalue weighted by atomic mass is 32.2. The van der Waals surface area contributed by atoms with E-state index in [9.17, 15) is 18.1 Å². The highest BCUT2D eigenvalue weighted by Crippen LogP contribution is 2.42. The summed E-state index contributed by atoms with van der Waals surface area (Å²) in [5.41, 5.74) is 8.18. The van der Waals surface area contributed by atoms with E-state index in [-0.39, 0.29) is 5.69 Å². The van der Waals surface area contributed by atoms with E-state index in [1.807, 2.05) is 54.6 Å². The zero-order chi connectivity index (χ0) is 24.6. The molecule has 0 saturated heterocycles. The Balaban J connectivity index is 1.63. The Bertz CT molecular complexity index is 1720. The lowest BCUT2D eigenvalue weighted by molar-refractivity contribution is 0.472. The largest absolute Gasteiger partial charge is 0.505 e. The summed E-state index contributed by atoms with van der Waals surface area (Å²) in [6.07, 6.45) is 0. The van der Waals surface area contributed by atoms with Gasteiger partial charge in [0.15, 0.2) is 5.75 Å². The number of nitrogen functional groups attached to an aromatic ring is 1. The van der Waals surface area contributed by atoms with Crippen molar-refractivity contribution in [2.75, 3.05) is 11.1 Å². The number of hydrogen-bond donors (Lipinski definition) is 4. The Morgan fingerprint density at radius 1 is 0.743 bits per heavy atom. The molecule has 0 bridgehead atoms. The number of phenolic OH excluding ortho intramolecular Hbond substituents is 1. The van der Waals surface area contributed by atoms with Crippen molar-refractivity contribution in [3.05, 3.63) is 91.0 Å². The number of fused-ring (bicyclic) bond motifs is 2. The van der Waals surface area contributed by atoms with Crippen LogP contribution < -0.4 is 11.1 Å². The van der Waals surface area contributed by atoms with Gasteiger partial charge in [0.25, 0.3) is 10.1 Å². The number of nitrogens with one attached hydrogen (secondary N) is 1. The molecule has 8 nitrogen and oxygen atoms in total. The van der Waals surface area contributed by atoms with Gasteiger partial charge in [0.2, 0.25) is 0 Å². The number of nitrogens with zero attached hydrogens (tertiary/aromatic N) is 2. The molecular formula is C26H20N4O4S. The number of aromatic hydroxyl groups is 1. The van der Waals surface area contributed by atoms with E-state index in [4.69, 9.17) is 5.73 Å². The van der Waals surface area contributed by atoms with Crippen LogP contribution in [0.15, 0.2) is 106 Å². The van der Waals surface area contributed by atoms with Gasteiger partial charge in [-0.3, -0.25) is 4.55 Å². The molecule has 5 aromatic carbocycles. The predicted octanol–water partition coefficient (Wildman–Crippen LogP) is 6.69. The standard InChI is InChI=1S/C26H20N4O4S/c27-22-12-13-23(21-9-5-4-8-20(21)22)29-30-25-24(35(32,33)34)15-16-14-18(10-11-19(16)26(25)31)28-17-6-2-1-3-7-17/h1-15,28,31H,27H2,(H,32,33,34). The van der Waals surface area contributed by atoms with E-state index in [0.717, 1.165) is 11.1 Å². The number of benzene rings is 5. The van der Waals surface area contributed by atoms with Crippen LogP contribution in [-0.4, -0.2) is 18.1 Å². The van der Waals surface area contributed by atoms with E-state index in [1.54, 1.807) is 30.3 Å². The maximum Gasteiger partial charge on any atom is 0.296 e. The molecule has 0 heterocycles. The second-order valence-corrected chi connectivity index (χ2v) is 9.28. The topological polar surface area (TPSA) is 137 Å². The van der Waals surface area contributed by atoms with E-state index in [0.29, 0.717) is 33.2 Å². The maximum atomic E-state index is 12.2. The molecule has 5 aromatic rings. The summed E-state index contributed by atoms with van der Waals surface area (Å²) in [5.74, 6) is -0.412. The first-order valence-corrected chi connectivity index (χ1v) is 12.0. The van der Waals surface area contributed by atoms with Crippen molar-refractivity contribution in [2.45, 2.75) is 4.90 Å². The van der Waals surface area contributed by atoms with Crippen molar-refractivity contribution in [1.82, 2.24) is 0 Å². The molecule has 9 heteroatoms. The summed E-state index contributed by atoms with van der Waals surface area (Å²) >= 11 is 0. The molecular weight excluding hydrogens is 464 g/mol. The third kappa shape index (κ3) is 4.37. The van der Waals surface area contributed by atoms with Gasteiger partial charge < -0.3 is 16.2 Å². The molecule has 0 spiro atoms. The van der Waals surface area contributed by atoms with E-state index in [1.165, 1.54) is 6.07 Å². The highest BCUT2D eigenvalue weighted by molar-refractivity contribution is 7.86. The molecule has 0 amide bonds. The van der Waals surface area contributed by atoms with Gasteiger partial charge in [-0.05, 0) is 53.9 Å². The number of phenols is 1. The summed E-state index contributed by atoms with van der Waals surface area (Å²) in [7, 11) is -4.73. The first-order valence-electron chi connectivity index (χ1n) is 10.6. The quantitative estimate of drug-likeness (QED) is 0.125. The summed E-state index contributed by atoms with van der Waals surface area (Å²) in [4.78, 5) is -0.553. The maximum absolute atomic E-state index is 12.2. The van der Waals surface area contributed by atoms with E-state index >= 15 is 0 Å². The van der Waals surface area contributed by atoms with Crippen molar-refractivity contribution in [2.24, 2.45) is 10.2 Å². The summed E-state index contributed by atoms with van der Waals surface area (Å²) < 4.78 is 34.3. The minimum Gasteiger partial charge on any atom is -0.505 e. The molecule has 5 rings (SSSR count). The molecule has 0 aliphatic carbocycles. The summed E-state index contributed by atoms with van der Waals surface area (Å²) in [6, 6.07) is 26.4. The summed E-state index contributed by atoms with van der Waals surface area (Å²) in [6.45, 7) is 0. The van der Waals surface area contributed by atoms with Crippen LogP contribution in [-0.2, 0) is 10.1 Å². The lowest BCUT2D eigenvalue weighted by atomic mass is 10.1. The molecule has 174 valence electrons. The number of anilines is 3. The van der Waals surface area contributed by atoms with Gasteiger partial charge in [0.1, 0.15) is 10.6 Å². The minimum atomic E-state index is -4.73. The second-order valence-electron chi connectivity index (χ2n) is 7.89.